The van der Waals surface area contributed by atoms with Crippen molar-refractivity contribution in [2.75, 3.05) is 13.2 Å². The fourth-order valence-electron chi connectivity index (χ4n) is 6.03. The summed E-state index contributed by atoms with van der Waals surface area (Å²) in [5.74, 6) is -0.197. The largest absolute Gasteiger partial charge is 0.394 e. The zero-order valence-electron chi connectivity index (χ0n) is 32.5. The summed E-state index contributed by atoms with van der Waals surface area (Å²) in [6.07, 6.45) is 35.5. The Morgan fingerprint density at radius 3 is 1.77 bits per heavy atom. The molecule has 1 aliphatic rings. The molecule has 0 saturated carbocycles. The molecule has 1 saturated heterocycles. The van der Waals surface area contributed by atoms with E-state index >= 15 is 0 Å². The molecular weight excluding hydrogens is 658 g/mol. The highest BCUT2D eigenvalue weighted by molar-refractivity contribution is 5.76. The zero-order valence-corrected chi connectivity index (χ0v) is 32.5. The van der Waals surface area contributed by atoms with Crippen molar-refractivity contribution < 1.29 is 39.8 Å². The van der Waals surface area contributed by atoms with Crippen molar-refractivity contribution in [2.24, 2.45) is 0 Å². The van der Waals surface area contributed by atoms with Gasteiger partial charge in [0, 0.05) is 6.42 Å². The van der Waals surface area contributed by atoms with Crippen LogP contribution in [-0.2, 0) is 14.3 Å². The standard InChI is InChI=1S/C43H75NO8/c1-3-5-7-9-11-13-15-16-17-18-19-20-21-22-23-25-27-29-31-33-39(47)44-36(35-51-43-42(50)41(49)40(48)38(34-45)52-43)37(46)32-30-28-26-24-14-12-10-8-6-4-2/h5,7,11,13,16-17,19-20,30,32,36-38,40-43,45-46,48-50H,3-4,6,8-10,12,14-15,18,21-29,31,33-35H2,1-2H3,(H,44,47)/b7-5-,13-11-,17-16-,20-19-,32-30+. The Kier molecular flexibility index (Phi) is 30.8. The van der Waals surface area contributed by atoms with E-state index in [9.17, 15) is 30.3 Å². The highest BCUT2D eigenvalue weighted by atomic mass is 16.7. The summed E-state index contributed by atoms with van der Waals surface area (Å²) in [6, 6.07) is -0.812. The van der Waals surface area contributed by atoms with Gasteiger partial charge in [0.2, 0.25) is 5.91 Å². The van der Waals surface area contributed by atoms with Crippen molar-refractivity contribution in [1.82, 2.24) is 5.32 Å². The van der Waals surface area contributed by atoms with E-state index in [4.69, 9.17) is 9.47 Å². The van der Waals surface area contributed by atoms with Crippen LogP contribution in [0.4, 0.5) is 0 Å². The molecule has 9 heteroatoms. The van der Waals surface area contributed by atoms with Gasteiger partial charge in [0.25, 0.3) is 0 Å². The van der Waals surface area contributed by atoms with Crippen LogP contribution in [0.25, 0.3) is 0 Å². The highest BCUT2D eigenvalue weighted by Crippen LogP contribution is 2.22. The molecule has 0 aromatic heterocycles. The number of hydrogen-bond donors (Lipinski definition) is 6. The van der Waals surface area contributed by atoms with Crippen LogP contribution in [-0.4, -0.2) is 87.5 Å². The number of carbonyl (C=O) groups is 1. The van der Waals surface area contributed by atoms with E-state index < -0.39 is 49.5 Å². The summed E-state index contributed by atoms with van der Waals surface area (Å²) in [6.45, 7) is 3.60. The molecule has 0 spiro atoms. The molecular formula is C43H75NO8. The number of nitrogens with one attached hydrogen (secondary N) is 1. The third kappa shape index (κ3) is 24.3. The number of allylic oxidation sites excluding steroid dienone is 9. The minimum absolute atomic E-state index is 0.197. The second-order valence-corrected chi connectivity index (χ2v) is 14.0. The molecule has 1 rings (SSSR count). The van der Waals surface area contributed by atoms with Gasteiger partial charge in [0.15, 0.2) is 6.29 Å². The molecule has 7 atom stereocenters. The summed E-state index contributed by atoms with van der Waals surface area (Å²) < 4.78 is 11.1. The second-order valence-electron chi connectivity index (χ2n) is 14.0. The van der Waals surface area contributed by atoms with E-state index in [1.165, 1.54) is 44.9 Å². The van der Waals surface area contributed by atoms with Gasteiger partial charge in [0.05, 0.1) is 25.4 Å². The fourth-order valence-corrected chi connectivity index (χ4v) is 6.03. The number of aliphatic hydroxyl groups excluding tert-OH is 5. The van der Waals surface area contributed by atoms with Gasteiger partial charge in [-0.1, -0.05) is 145 Å². The van der Waals surface area contributed by atoms with Crippen LogP contribution in [0.5, 0.6) is 0 Å². The van der Waals surface area contributed by atoms with Gasteiger partial charge in [0.1, 0.15) is 24.4 Å². The van der Waals surface area contributed by atoms with Gasteiger partial charge >= 0.3 is 0 Å². The van der Waals surface area contributed by atoms with Crippen molar-refractivity contribution in [3.05, 3.63) is 60.8 Å². The molecule has 1 aliphatic heterocycles. The van der Waals surface area contributed by atoms with Crippen molar-refractivity contribution in [3.63, 3.8) is 0 Å². The fraction of sp³-hybridized carbons (Fsp3) is 0.744. The summed E-state index contributed by atoms with van der Waals surface area (Å²) in [7, 11) is 0. The number of rotatable bonds is 32. The molecule has 0 radical (unpaired) electrons. The lowest BCUT2D eigenvalue weighted by molar-refractivity contribution is -0.302. The van der Waals surface area contributed by atoms with Crippen LogP contribution in [0.2, 0.25) is 0 Å². The predicted molar refractivity (Wildman–Crippen MR) is 212 cm³/mol. The molecule has 300 valence electrons. The van der Waals surface area contributed by atoms with E-state index in [0.717, 1.165) is 83.5 Å². The average molecular weight is 734 g/mol. The van der Waals surface area contributed by atoms with Gasteiger partial charge in [-0.2, -0.15) is 0 Å². The Morgan fingerprint density at radius 2 is 1.19 bits per heavy atom. The summed E-state index contributed by atoms with van der Waals surface area (Å²) in [4.78, 5) is 12.9. The van der Waals surface area contributed by atoms with Crippen LogP contribution in [0.1, 0.15) is 149 Å². The number of unbranched alkanes of at least 4 members (excludes halogenated alkanes) is 14. The maximum atomic E-state index is 12.9. The zero-order chi connectivity index (χ0) is 38.1. The first kappa shape index (κ1) is 47.9. The molecule has 0 aliphatic carbocycles. The van der Waals surface area contributed by atoms with Gasteiger partial charge in [-0.05, 0) is 57.8 Å². The average Bonchev–Trinajstić information content (AvgIpc) is 3.14. The van der Waals surface area contributed by atoms with Gasteiger partial charge in [-0.25, -0.2) is 0 Å². The maximum absolute atomic E-state index is 12.9. The summed E-state index contributed by atoms with van der Waals surface area (Å²) in [5, 5.41) is 53.9. The second kappa shape index (κ2) is 33.5. The normalized spacial score (nSPS) is 22.5. The van der Waals surface area contributed by atoms with E-state index in [1.807, 2.05) is 6.08 Å². The topological polar surface area (TPSA) is 149 Å². The Labute approximate surface area is 316 Å². The lowest BCUT2D eigenvalue weighted by Gasteiger charge is -2.40. The molecule has 0 aromatic carbocycles. The lowest BCUT2D eigenvalue weighted by atomic mass is 9.99. The Bertz CT molecular complexity index is 994. The van der Waals surface area contributed by atoms with Crippen LogP contribution in [0, 0.1) is 0 Å². The monoisotopic (exact) mass is 734 g/mol. The molecule has 6 N–H and O–H groups in total. The van der Waals surface area contributed by atoms with Gasteiger partial charge in [-0.3, -0.25) is 4.79 Å². The number of amides is 1. The summed E-state index contributed by atoms with van der Waals surface area (Å²) in [5.41, 5.74) is 0. The molecule has 1 heterocycles. The van der Waals surface area contributed by atoms with Gasteiger partial charge < -0.3 is 40.3 Å². The summed E-state index contributed by atoms with van der Waals surface area (Å²) >= 11 is 0. The van der Waals surface area contributed by atoms with E-state index in [0.29, 0.717) is 6.42 Å². The van der Waals surface area contributed by atoms with Crippen LogP contribution in [0.3, 0.4) is 0 Å². The van der Waals surface area contributed by atoms with Crippen LogP contribution in [0.15, 0.2) is 60.8 Å². The minimum atomic E-state index is -1.57. The van der Waals surface area contributed by atoms with Crippen LogP contribution >= 0.6 is 0 Å². The smallest absolute Gasteiger partial charge is 0.220 e. The molecule has 0 bridgehead atoms. The first-order valence-electron chi connectivity index (χ1n) is 20.5. The lowest BCUT2D eigenvalue weighted by Crippen LogP contribution is -2.60. The third-order valence-electron chi connectivity index (χ3n) is 9.35. The molecule has 1 fully saturated rings. The van der Waals surface area contributed by atoms with Crippen molar-refractivity contribution in [2.45, 2.75) is 192 Å². The highest BCUT2D eigenvalue weighted by Gasteiger charge is 2.44. The third-order valence-corrected chi connectivity index (χ3v) is 9.35. The van der Waals surface area contributed by atoms with Crippen LogP contribution < -0.4 is 5.32 Å². The SMILES string of the molecule is CC/C=C\C/C=C\C/C=C\C/C=C\CCCCCCCCC(=O)NC(COC1OC(CO)C(O)C(O)C1O)C(O)/C=C/CCCCCCCCCC. The number of carbonyl (C=O) groups excluding carboxylic acids is 1. The van der Waals surface area contributed by atoms with Crippen molar-refractivity contribution in [3.8, 4) is 0 Å². The molecule has 0 aromatic rings. The minimum Gasteiger partial charge on any atom is -0.394 e. The quantitative estimate of drug-likeness (QED) is 0.0305. The Morgan fingerprint density at radius 1 is 0.673 bits per heavy atom. The van der Waals surface area contributed by atoms with Crippen molar-refractivity contribution in [1.29, 1.82) is 0 Å². The number of hydrogen-bond acceptors (Lipinski definition) is 8. The van der Waals surface area contributed by atoms with Gasteiger partial charge in [-0.15, -0.1) is 0 Å². The molecule has 9 nitrogen and oxygen atoms in total. The first-order chi connectivity index (χ1) is 25.3. The predicted octanol–water partition coefficient (Wildman–Crippen LogP) is 7.66. The van der Waals surface area contributed by atoms with E-state index in [2.05, 4.69) is 67.8 Å². The number of ether oxygens (including phenoxy) is 2. The van der Waals surface area contributed by atoms with E-state index in [1.54, 1.807) is 6.08 Å². The molecule has 52 heavy (non-hydrogen) atoms. The maximum Gasteiger partial charge on any atom is 0.220 e. The van der Waals surface area contributed by atoms with Crippen molar-refractivity contribution >= 4 is 5.91 Å². The number of aliphatic hydroxyl groups is 5. The molecule has 1 amide bonds. The first-order valence-corrected chi connectivity index (χ1v) is 20.5. The Balaban J connectivity index is 2.39. The Hall–Kier alpha value is -2.11. The molecule has 7 unspecified atom stereocenters. The van der Waals surface area contributed by atoms with E-state index in [-0.39, 0.29) is 12.5 Å².